The van der Waals surface area contributed by atoms with E-state index in [-0.39, 0.29) is 0 Å². The molecule has 1 aromatic carbocycles. The lowest BCUT2D eigenvalue weighted by atomic mass is 10.0. The maximum atomic E-state index is 10.4. The average molecular weight is 290 g/mol. The summed E-state index contributed by atoms with van der Waals surface area (Å²) in [7, 11) is 5.08. The number of nitrogens with zero attached hydrogens (tertiary/aromatic N) is 2. The van der Waals surface area contributed by atoms with Crippen LogP contribution in [-0.2, 0) is 19.9 Å². The first-order valence-electron chi connectivity index (χ1n) is 7.00. The van der Waals surface area contributed by atoms with E-state index < -0.39 is 6.10 Å². The first kappa shape index (κ1) is 15.4. The number of hydrogen-bond acceptors (Lipinski definition) is 4. The first-order valence-corrected chi connectivity index (χ1v) is 7.00. The van der Waals surface area contributed by atoms with Gasteiger partial charge < -0.3 is 14.6 Å². The molecule has 5 nitrogen and oxygen atoms in total. The number of benzene rings is 1. The van der Waals surface area contributed by atoms with Crippen molar-refractivity contribution in [1.82, 2.24) is 9.78 Å². The summed E-state index contributed by atoms with van der Waals surface area (Å²) in [5.74, 6) is 1.27. The number of aliphatic hydroxyl groups is 1. The number of ether oxygens (including phenoxy) is 2. The third-order valence-corrected chi connectivity index (χ3v) is 3.58. The van der Waals surface area contributed by atoms with E-state index in [4.69, 9.17) is 9.47 Å². The molecule has 0 amide bonds. The average Bonchev–Trinajstić information content (AvgIpc) is 2.86. The standard InChI is InChI=1S/C16H22N2O3/c1-5-12-9-13(18(2)17-12)10-14(19)11-6-7-15(20-3)16(8-11)21-4/h6-9,14,19H,5,10H2,1-4H3. The molecule has 0 saturated carbocycles. The Kier molecular flexibility index (Phi) is 4.85. The summed E-state index contributed by atoms with van der Waals surface area (Å²) in [5, 5.41) is 14.8. The SMILES string of the molecule is CCc1cc(CC(O)c2ccc(OC)c(OC)c2)n(C)n1. The molecule has 0 saturated heterocycles. The molecule has 0 aliphatic heterocycles. The monoisotopic (exact) mass is 290 g/mol. The van der Waals surface area contributed by atoms with Crippen molar-refractivity contribution >= 4 is 0 Å². The highest BCUT2D eigenvalue weighted by Crippen LogP contribution is 2.31. The Hall–Kier alpha value is -2.01. The molecular formula is C16H22N2O3. The summed E-state index contributed by atoms with van der Waals surface area (Å²) in [6.07, 6.45) is 0.795. The number of hydrogen-bond donors (Lipinski definition) is 1. The molecule has 114 valence electrons. The zero-order valence-electron chi connectivity index (χ0n) is 13.0. The molecule has 0 spiro atoms. The van der Waals surface area contributed by atoms with Gasteiger partial charge in [-0.05, 0) is 30.2 Å². The molecule has 0 fully saturated rings. The van der Waals surface area contributed by atoms with Gasteiger partial charge in [0.1, 0.15) is 0 Å². The molecular weight excluding hydrogens is 268 g/mol. The third-order valence-electron chi connectivity index (χ3n) is 3.58. The zero-order chi connectivity index (χ0) is 15.4. The smallest absolute Gasteiger partial charge is 0.161 e. The van der Waals surface area contributed by atoms with Gasteiger partial charge in [0, 0.05) is 19.2 Å². The Bertz CT molecular complexity index is 608. The van der Waals surface area contributed by atoms with Crippen LogP contribution in [0.25, 0.3) is 0 Å². The van der Waals surface area contributed by atoms with Crippen LogP contribution in [0, 0.1) is 0 Å². The van der Waals surface area contributed by atoms with Crippen LogP contribution in [0.1, 0.15) is 30.0 Å². The van der Waals surface area contributed by atoms with E-state index in [2.05, 4.69) is 12.0 Å². The Balaban J connectivity index is 2.19. The van der Waals surface area contributed by atoms with Gasteiger partial charge in [0.2, 0.25) is 0 Å². The molecule has 1 unspecified atom stereocenters. The van der Waals surface area contributed by atoms with Crippen LogP contribution in [0.15, 0.2) is 24.3 Å². The molecule has 21 heavy (non-hydrogen) atoms. The summed E-state index contributed by atoms with van der Waals surface area (Å²) >= 11 is 0. The first-order chi connectivity index (χ1) is 10.1. The van der Waals surface area contributed by atoms with Gasteiger partial charge in [0.15, 0.2) is 11.5 Å². The maximum Gasteiger partial charge on any atom is 0.161 e. The summed E-state index contributed by atoms with van der Waals surface area (Å²) < 4.78 is 12.3. The normalized spacial score (nSPS) is 12.2. The maximum absolute atomic E-state index is 10.4. The molecule has 2 rings (SSSR count). The molecule has 0 aliphatic carbocycles. The fraction of sp³-hybridized carbons (Fsp3) is 0.438. The second-order valence-corrected chi connectivity index (χ2v) is 4.94. The van der Waals surface area contributed by atoms with Crippen molar-refractivity contribution in [2.75, 3.05) is 14.2 Å². The minimum atomic E-state index is -0.607. The van der Waals surface area contributed by atoms with Crippen LogP contribution in [0.3, 0.4) is 0 Å². The minimum Gasteiger partial charge on any atom is -0.493 e. The van der Waals surface area contributed by atoms with E-state index >= 15 is 0 Å². The highest BCUT2D eigenvalue weighted by Gasteiger charge is 2.15. The predicted molar refractivity (Wildman–Crippen MR) is 80.8 cm³/mol. The lowest BCUT2D eigenvalue weighted by Gasteiger charge is -2.14. The fourth-order valence-electron chi connectivity index (χ4n) is 2.31. The molecule has 0 aliphatic rings. The van der Waals surface area contributed by atoms with E-state index in [9.17, 15) is 5.11 Å². The second kappa shape index (κ2) is 6.63. The molecule has 5 heteroatoms. The Labute approximate surface area is 125 Å². The van der Waals surface area contributed by atoms with Crippen LogP contribution in [-0.4, -0.2) is 29.1 Å². The van der Waals surface area contributed by atoms with Gasteiger partial charge >= 0.3 is 0 Å². The Morgan fingerprint density at radius 2 is 1.90 bits per heavy atom. The molecule has 1 heterocycles. The van der Waals surface area contributed by atoms with Gasteiger partial charge in [0.25, 0.3) is 0 Å². The number of aromatic nitrogens is 2. The topological polar surface area (TPSA) is 56.5 Å². The largest absolute Gasteiger partial charge is 0.493 e. The van der Waals surface area contributed by atoms with Crippen LogP contribution in [0.2, 0.25) is 0 Å². The summed E-state index contributed by atoms with van der Waals surface area (Å²) in [4.78, 5) is 0. The van der Waals surface area contributed by atoms with E-state index in [1.807, 2.05) is 23.9 Å². The van der Waals surface area contributed by atoms with Crippen molar-refractivity contribution in [3.05, 3.63) is 41.2 Å². The number of methoxy groups -OCH3 is 2. The molecule has 1 aromatic heterocycles. The van der Waals surface area contributed by atoms with Gasteiger partial charge in [-0.15, -0.1) is 0 Å². The molecule has 1 N–H and O–H groups in total. The van der Waals surface area contributed by atoms with Crippen LogP contribution < -0.4 is 9.47 Å². The number of aliphatic hydroxyl groups excluding tert-OH is 1. The lowest BCUT2D eigenvalue weighted by Crippen LogP contribution is -2.07. The van der Waals surface area contributed by atoms with Crippen molar-refractivity contribution in [1.29, 1.82) is 0 Å². The Morgan fingerprint density at radius 1 is 1.19 bits per heavy atom. The highest BCUT2D eigenvalue weighted by molar-refractivity contribution is 5.43. The van der Waals surface area contributed by atoms with Crippen LogP contribution in [0.4, 0.5) is 0 Å². The molecule has 1 atom stereocenters. The van der Waals surface area contributed by atoms with Gasteiger partial charge in [-0.25, -0.2) is 0 Å². The van der Waals surface area contributed by atoms with Crippen LogP contribution in [0.5, 0.6) is 11.5 Å². The van der Waals surface area contributed by atoms with E-state index in [1.54, 1.807) is 26.4 Å². The predicted octanol–water partition coefficient (Wildman–Crippen LogP) is 2.28. The molecule has 0 bridgehead atoms. The van der Waals surface area contributed by atoms with Gasteiger partial charge in [-0.3, -0.25) is 4.68 Å². The Morgan fingerprint density at radius 3 is 2.48 bits per heavy atom. The van der Waals surface area contributed by atoms with Crippen LogP contribution >= 0.6 is 0 Å². The number of rotatable bonds is 6. The van der Waals surface area contributed by atoms with E-state index in [0.29, 0.717) is 17.9 Å². The lowest BCUT2D eigenvalue weighted by molar-refractivity contribution is 0.175. The third kappa shape index (κ3) is 3.36. The van der Waals surface area contributed by atoms with Crippen molar-refractivity contribution < 1.29 is 14.6 Å². The van der Waals surface area contributed by atoms with Crippen molar-refractivity contribution in [2.45, 2.75) is 25.9 Å². The highest BCUT2D eigenvalue weighted by atomic mass is 16.5. The molecule has 2 aromatic rings. The summed E-state index contributed by atoms with van der Waals surface area (Å²) in [6.45, 7) is 2.07. The van der Waals surface area contributed by atoms with E-state index in [1.165, 1.54) is 0 Å². The van der Waals surface area contributed by atoms with Gasteiger partial charge in [-0.1, -0.05) is 13.0 Å². The zero-order valence-corrected chi connectivity index (χ0v) is 13.0. The van der Waals surface area contributed by atoms with Gasteiger partial charge in [-0.2, -0.15) is 5.10 Å². The fourth-order valence-corrected chi connectivity index (χ4v) is 2.31. The summed E-state index contributed by atoms with van der Waals surface area (Å²) in [6, 6.07) is 7.49. The molecule has 0 radical (unpaired) electrons. The quantitative estimate of drug-likeness (QED) is 0.886. The van der Waals surface area contributed by atoms with Crippen molar-refractivity contribution in [2.24, 2.45) is 7.05 Å². The summed E-state index contributed by atoms with van der Waals surface area (Å²) in [5.41, 5.74) is 2.84. The minimum absolute atomic E-state index is 0.513. The van der Waals surface area contributed by atoms with Crippen molar-refractivity contribution in [3.63, 3.8) is 0 Å². The van der Waals surface area contributed by atoms with Crippen molar-refractivity contribution in [3.8, 4) is 11.5 Å². The number of aryl methyl sites for hydroxylation is 2. The van der Waals surface area contributed by atoms with E-state index in [0.717, 1.165) is 23.4 Å². The second-order valence-electron chi connectivity index (χ2n) is 4.94. The van der Waals surface area contributed by atoms with Gasteiger partial charge in [0.05, 0.1) is 26.0 Å².